The molecule has 250 valence electrons. The van der Waals surface area contributed by atoms with Crippen LogP contribution < -0.4 is 0 Å². The van der Waals surface area contributed by atoms with Crippen molar-refractivity contribution >= 4 is 37.7 Å². The van der Waals surface area contributed by atoms with E-state index >= 15 is 0 Å². The van der Waals surface area contributed by atoms with Crippen LogP contribution in [0.25, 0.3) is 21.5 Å². The summed E-state index contributed by atoms with van der Waals surface area (Å²) in [5, 5.41) is 5.05. The first-order valence-corrected chi connectivity index (χ1v) is 22.6. The molecular formula is C44H66Si2. The van der Waals surface area contributed by atoms with Crippen molar-refractivity contribution in [2.75, 3.05) is 0 Å². The van der Waals surface area contributed by atoms with Crippen LogP contribution in [-0.4, -0.2) is 16.1 Å². The summed E-state index contributed by atoms with van der Waals surface area (Å²) in [4.78, 5) is 0. The Bertz CT molecular complexity index is 1500. The molecule has 0 saturated carbocycles. The van der Waals surface area contributed by atoms with Gasteiger partial charge in [-0.25, -0.2) is 0 Å². The van der Waals surface area contributed by atoms with Gasteiger partial charge in [0.05, 0.1) is 0 Å². The Hall–Kier alpha value is -2.27. The highest BCUT2D eigenvalue weighted by Crippen LogP contribution is 2.43. The van der Waals surface area contributed by atoms with E-state index in [0.29, 0.717) is 33.2 Å². The summed E-state index contributed by atoms with van der Waals surface area (Å²) in [6.45, 7) is 42.9. The maximum absolute atomic E-state index is 4.12. The van der Waals surface area contributed by atoms with Gasteiger partial charge >= 0.3 is 0 Å². The van der Waals surface area contributed by atoms with E-state index in [9.17, 15) is 0 Å². The molecule has 0 spiro atoms. The van der Waals surface area contributed by atoms with Gasteiger partial charge in [0, 0.05) is 11.1 Å². The summed E-state index contributed by atoms with van der Waals surface area (Å²) in [5.41, 5.74) is 16.9. The van der Waals surface area contributed by atoms with Crippen molar-refractivity contribution in [1.82, 2.24) is 0 Å². The van der Waals surface area contributed by atoms with Crippen molar-refractivity contribution < 1.29 is 0 Å². The molecule has 0 fully saturated rings. The molecule has 0 aliphatic heterocycles. The topological polar surface area (TPSA) is 0 Å². The Kier molecular flexibility index (Phi) is 11.4. The zero-order valence-corrected chi connectivity index (χ0v) is 34.9. The van der Waals surface area contributed by atoms with Gasteiger partial charge in [-0.05, 0) is 88.9 Å². The Morgan fingerprint density at radius 1 is 0.413 bits per heavy atom. The lowest BCUT2D eigenvalue weighted by Gasteiger charge is -2.38. The van der Waals surface area contributed by atoms with E-state index in [1.54, 1.807) is 0 Å². The lowest BCUT2D eigenvalue weighted by molar-refractivity contribution is 0.590. The van der Waals surface area contributed by atoms with E-state index < -0.39 is 16.1 Å². The van der Waals surface area contributed by atoms with Gasteiger partial charge in [0.15, 0.2) is 0 Å². The number of hydrogen-bond donors (Lipinski definition) is 0. The lowest BCUT2D eigenvalue weighted by atomic mass is 9.81. The first-order valence-electron chi connectivity index (χ1n) is 18.1. The lowest BCUT2D eigenvalue weighted by Crippen LogP contribution is -2.43. The summed E-state index contributed by atoms with van der Waals surface area (Å²) >= 11 is 0. The Balaban J connectivity index is 2.70. The summed E-state index contributed by atoms with van der Waals surface area (Å²) in [5.74, 6) is 7.96. The molecule has 0 saturated heterocycles. The van der Waals surface area contributed by atoms with E-state index in [1.165, 1.54) is 43.8 Å². The van der Waals surface area contributed by atoms with Crippen molar-refractivity contribution in [3.8, 4) is 22.9 Å². The molecule has 0 N–H and O–H groups in total. The molecule has 46 heavy (non-hydrogen) atoms. The van der Waals surface area contributed by atoms with Crippen LogP contribution in [0.15, 0.2) is 36.4 Å². The number of fused-ring (bicyclic) bond motifs is 2. The fraction of sp³-hybridized carbons (Fsp3) is 0.591. The highest BCUT2D eigenvalue weighted by Gasteiger charge is 2.43. The van der Waals surface area contributed by atoms with Crippen LogP contribution in [0.3, 0.4) is 0 Å². The zero-order valence-electron chi connectivity index (χ0n) is 32.9. The highest BCUT2D eigenvalue weighted by atomic mass is 28.3. The van der Waals surface area contributed by atoms with E-state index in [2.05, 4.69) is 184 Å². The highest BCUT2D eigenvalue weighted by molar-refractivity contribution is 6.91. The molecule has 0 aliphatic rings. The van der Waals surface area contributed by atoms with Gasteiger partial charge in [0.2, 0.25) is 0 Å². The van der Waals surface area contributed by atoms with Crippen molar-refractivity contribution in [3.05, 3.63) is 58.7 Å². The van der Waals surface area contributed by atoms with Crippen LogP contribution in [0.2, 0.25) is 33.2 Å². The third kappa shape index (κ3) is 6.96. The molecule has 0 atom stereocenters. The summed E-state index contributed by atoms with van der Waals surface area (Å²) in [7, 11) is -3.90. The predicted molar refractivity (Wildman–Crippen MR) is 215 cm³/mol. The molecule has 0 aliphatic carbocycles. The van der Waals surface area contributed by atoms with Crippen LogP contribution in [0.5, 0.6) is 0 Å². The van der Waals surface area contributed by atoms with Crippen molar-refractivity contribution in [3.63, 3.8) is 0 Å². The average molecular weight is 651 g/mol. The second-order valence-electron chi connectivity index (χ2n) is 18.1. The maximum Gasteiger partial charge on any atom is 0.146 e. The minimum atomic E-state index is -1.95. The molecule has 0 bridgehead atoms. The van der Waals surface area contributed by atoms with Gasteiger partial charge in [-0.3, -0.25) is 0 Å². The van der Waals surface area contributed by atoms with Crippen LogP contribution in [-0.2, 0) is 10.8 Å². The van der Waals surface area contributed by atoms with Crippen LogP contribution >= 0.6 is 0 Å². The molecule has 0 heterocycles. The summed E-state index contributed by atoms with van der Waals surface area (Å²) in [6.07, 6.45) is 0. The Morgan fingerprint density at radius 3 is 0.891 bits per heavy atom. The maximum atomic E-state index is 4.12. The molecule has 2 heteroatoms. The first-order chi connectivity index (χ1) is 21.0. The second kappa shape index (κ2) is 13.7. The first kappa shape index (κ1) is 38.2. The molecule has 3 rings (SSSR count). The van der Waals surface area contributed by atoms with Gasteiger partial charge in [-0.15, -0.1) is 11.1 Å². The third-order valence-corrected chi connectivity index (χ3v) is 24.0. The fourth-order valence-electron chi connectivity index (χ4n) is 8.64. The van der Waals surface area contributed by atoms with Crippen LogP contribution in [0.1, 0.15) is 147 Å². The molecule has 0 nitrogen and oxygen atoms in total. The van der Waals surface area contributed by atoms with Gasteiger partial charge in [0.25, 0.3) is 0 Å². The quantitative estimate of drug-likeness (QED) is 0.141. The van der Waals surface area contributed by atoms with Crippen molar-refractivity contribution in [1.29, 1.82) is 0 Å². The van der Waals surface area contributed by atoms with Crippen molar-refractivity contribution in [2.45, 2.75) is 169 Å². The summed E-state index contributed by atoms with van der Waals surface area (Å²) in [6, 6.07) is 14.3. The normalized spacial score (nSPS) is 13.4. The van der Waals surface area contributed by atoms with E-state index in [4.69, 9.17) is 0 Å². The molecule has 0 radical (unpaired) electrons. The molecule has 0 aromatic heterocycles. The largest absolute Gasteiger partial charge is 0.146 e. The number of rotatable bonds is 6. The van der Waals surface area contributed by atoms with Crippen LogP contribution in [0.4, 0.5) is 0 Å². The molecule has 3 aromatic carbocycles. The van der Waals surface area contributed by atoms with Crippen LogP contribution in [0, 0.1) is 22.9 Å². The molecule has 0 amide bonds. The fourth-order valence-corrected chi connectivity index (χ4v) is 19.1. The van der Waals surface area contributed by atoms with Gasteiger partial charge in [-0.2, -0.15) is 0 Å². The second-order valence-corrected chi connectivity index (χ2v) is 29.2. The van der Waals surface area contributed by atoms with E-state index in [1.807, 2.05) is 0 Å². The zero-order chi connectivity index (χ0) is 35.2. The van der Waals surface area contributed by atoms with Gasteiger partial charge in [0.1, 0.15) is 16.1 Å². The average Bonchev–Trinajstić information content (AvgIpc) is 2.91. The van der Waals surface area contributed by atoms with Gasteiger partial charge < -0.3 is 0 Å². The Morgan fingerprint density at radius 2 is 0.674 bits per heavy atom. The SMILES string of the molecule is CC(C)[Si](C#Cc1c2ccc(C(C)(C)C)cc2c(C#C[Si](C(C)C)(C(C)C)C(C)C)c2ccc(C(C)(C)C)cc12)(C(C)C)C(C)C. The predicted octanol–water partition coefficient (Wildman–Crippen LogP) is 13.7. The number of hydrogen-bond acceptors (Lipinski definition) is 0. The molecular weight excluding hydrogens is 585 g/mol. The minimum Gasteiger partial charge on any atom is -0.125 e. The third-order valence-electron chi connectivity index (χ3n) is 11.4. The van der Waals surface area contributed by atoms with Gasteiger partial charge in [-0.1, -0.05) is 161 Å². The van der Waals surface area contributed by atoms with Crippen molar-refractivity contribution in [2.24, 2.45) is 0 Å². The van der Waals surface area contributed by atoms with E-state index in [0.717, 1.165) is 0 Å². The number of benzene rings is 3. The Labute approximate surface area is 287 Å². The standard InChI is InChI=1S/C44H66Si2/c1-29(2)45(30(3)4,31(5)6)25-23-39-37-21-19-36(44(16,17)18)28-42(37)40(24-26-46(32(7)8,33(9)10)34(11)12)38-22-20-35(27-41(38)39)43(13,14)15/h19-22,27-34H,1-18H3. The molecule has 3 aromatic rings. The smallest absolute Gasteiger partial charge is 0.125 e. The minimum absolute atomic E-state index is 0.0388. The van der Waals surface area contributed by atoms with E-state index in [-0.39, 0.29) is 10.8 Å². The monoisotopic (exact) mass is 650 g/mol. The molecule has 0 unspecified atom stereocenters. The summed E-state index contributed by atoms with van der Waals surface area (Å²) < 4.78 is 0.